The highest BCUT2D eigenvalue weighted by atomic mass is 19.1. The van der Waals surface area contributed by atoms with Crippen LogP contribution in [0.3, 0.4) is 0 Å². The molecule has 1 atom stereocenters. The number of hydrogen-bond donors (Lipinski definition) is 1. The molecule has 7 nitrogen and oxygen atoms in total. The summed E-state index contributed by atoms with van der Waals surface area (Å²) >= 11 is 0. The molecule has 0 bridgehead atoms. The monoisotopic (exact) mass is 325 g/mol. The van der Waals surface area contributed by atoms with Crippen molar-refractivity contribution in [1.82, 2.24) is 29.6 Å². The Kier molecular flexibility index (Phi) is 3.19. The molecule has 0 aliphatic heterocycles. The first kappa shape index (κ1) is 14.6. The Morgan fingerprint density at radius 3 is 2.92 bits per heavy atom. The average molecular weight is 325 g/mol. The van der Waals surface area contributed by atoms with Crippen LogP contribution in [0.4, 0.5) is 10.3 Å². The molecule has 24 heavy (non-hydrogen) atoms. The number of hydrogen-bond acceptors (Lipinski definition) is 5. The molecule has 2 N–H and O–H groups in total. The minimum atomic E-state index is -0.496. The van der Waals surface area contributed by atoms with Gasteiger partial charge in [-0.3, -0.25) is 0 Å². The lowest BCUT2D eigenvalue weighted by Crippen LogP contribution is -2.08. The van der Waals surface area contributed by atoms with Crippen molar-refractivity contribution in [1.29, 1.82) is 0 Å². The number of aryl methyl sites for hydroxylation is 1. The predicted molar refractivity (Wildman–Crippen MR) is 89.3 cm³/mol. The molecule has 0 fully saturated rings. The second-order valence-corrected chi connectivity index (χ2v) is 5.82. The van der Waals surface area contributed by atoms with Gasteiger partial charge in [0.1, 0.15) is 12.2 Å². The molecule has 8 heteroatoms. The van der Waals surface area contributed by atoms with Gasteiger partial charge in [0.05, 0.1) is 22.8 Å². The molecule has 0 saturated carbocycles. The van der Waals surface area contributed by atoms with E-state index in [4.69, 9.17) is 5.73 Å². The van der Waals surface area contributed by atoms with Crippen molar-refractivity contribution in [3.63, 3.8) is 0 Å². The van der Waals surface area contributed by atoms with Crippen molar-refractivity contribution in [3.8, 4) is 11.1 Å². The highest BCUT2D eigenvalue weighted by Gasteiger charge is 2.15. The van der Waals surface area contributed by atoms with Crippen molar-refractivity contribution in [2.45, 2.75) is 19.9 Å². The largest absolute Gasteiger partial charge is 0.367 e. The van der Waals surface area contributed by atoms with E-state index in [0.29, 0.717) is 0 Å². The SMILES string of the molecule is Cc1nc(N)nn2ccc(-c3ccc4nnn([C@@H](C)CF)c4c3)c12. The Hall–Kier alpha value is -3.03. The number of nitrogens with two attached hydrogens (primary N) is 1. The molecule has 0 spiro atoms. The molecule has 3 aromatic heterocycles. The smallest absolute Gasteiger partial charge is 0.238 e. The zero-order valence-corrected chi connectivity index (χ0v) is 13.3. The van der Waals surface area contributed by atoms with Gasteiger partial charge >= 0.3 is 0 Å². The first-order chi connectivity index (χ1) is 11.6. The van der Waals surface area contributed by atoms with Crippen LogP contribution in [0.2, 0.25) is 0 Å². The number of nitrogen functional groups attached to an aromatic ring is 1. The molecule has 3 heterocycles. The molecule has 1 aromatic carbocycles. The lowest BCUT2D eigenvalue weighted by atomic mass is 10.1. The van der Waals surface area contributed by atoms with E-state index >= 15 is 0 Å². The number of aromatic nitrogens is 6. The van der Waals surface area contributed by atoms with E-state index in [2.05, 4.69) is 20.4 Å². The lowest BCUT2D eigenvalue weighted by molar-refractivity contribution is 0.357. The summed E-state index contributed by atoms with van der Waals surface area (Å²) in [5.41, 5.74) is 10.9. The van der Waals surface area contributed by atoms with Crippen LogP contribution in [0.25, 0.3) is 27.7 Å². The van der Waals surface area contributed by atoms with Crippen LogP contribution in [-0.2, 0) is 0 Å². The fourth-order valence-electron chi connectivity index (χ4n) is 2.95. The van der Waals surface area contributed by atoms with Gasteiger partial charge in [0.2, 0.25) is 5.95 Å². The fourth-order valence-corrected chi connectivity index (χ4v) is 2.95. The van der Waals surface area contributed by atoms with Crippen molar-refractivity contribution < 1.29 is 4.39 Å². The topological polar surface area (TPSA) is 86.9 Å². The summed E-state index contributed by atoms with van der Waals surface area (Å²) in [5, 5.41) is 12.4. The standard InChI is InChI=1S/C16H16FN7/c1-9(8-17)24-14-7-11(3-4-13(14)20-22-24)12-5-6-23-15(12)10(2)19-16(18)21-23/h3-7,9H,8H2,1-2H3,(H2,18,21)/t9-/m0/s1. The van der Waals surface area contributed by atoms with Crippen LogP contribution in [0, 0.1) is 6.92 Å². The van der Waals surface area contributed by atoms with Gasteiger partial charge in [-0.15, -0.1) is 10.2 Å². The van der Waals surface area contributed by atoms with Gasteiger partial charge in [0.25, 0.3) is 0 Å². The second-order valence-electron chi connectivity index (χ2n) is 5.82. The van der Waals surface area contributed by atoms with E-state index in [9.17, 15) is 4.39 Å². The summed E-state index contributed by atoms with van der Waals surface area (Å²) in [4.78, 5) is 4.24. The summed E-state index contributed by atoms with van der Waals surface area (Å²) in [6.45, 7) is 3.17. The molecule has 122 valence electrons. The Morgan fingerprint density at radius 2 is 2.12 bits per heavy atom. The van der Waals surface area contributed by atoms with Crippen molar-refractivity contribution in [3.05, 3.63) is 36.2 Å². The second kappa shape index (κ2) is 5.26. The quantitative estimate of drug-likeness (QED) is 0.625. The van der Waals surface area contributed by atoms with Crippen molar-refractivity contribution in [2.24, 2.45) is 0 Å². The third-order valence-corrected chi connectivity index (χ3v) is 4.12. The Morgan fingerprint density at radius 1 is 1.29 bits per heavy atom. The molecule has 0 radical (unpaired) electrons. The lowest BCUT2D eigenvalue weighted by Gasteiger charge is -2.08. The van der Waals surface area contributed by atoms with Gasteiger partial charge < -0.3 is 5.73 Å². The Balaban J connectivity index is 1.94. The first-order valence-corrected chi connectivity index (χ1v) is 7.61. The summed E-state index contributed by atoms with van der Waals surface area (Å²) in [6.07, 6.45) is 1.85. The number of benzene rings is 1. The van der Waals surface area contributed by atoms with E-state index in [1.807, 2.05) is 37.4 Å². The number of halogens is 1. The van der Waals surface area contributed by atoms with E-state index in [1.54, 1.807) is 16.1 Å². The minimum Gasteiger partial charge on any atom is -0.367 e. The van der Waals surface area contributed by atoms with Crippen LogP contribution in [0.5, 0.6) is 0 Å². The fraction of sp³-hybridized carbons (Fsp3) is 0.250. The third-order valence-electron chi connectivity index (χ3n) is 4.12. The van der Waals surface area contributed by atoms with E-state index in [-0.39, 0.29) is 12.0 Å². The van der Waals surface area contributed by atoms with Gasteiger partial charge in [-0.25, -0.2) is 18.6 Å². The average Bonchev–Trinajstić information content (AvgIpc) is 3.17. The van der Waals surface area contributed by atoms with Gasteiger partial charge in [0.15, 0.2) is 0 Å². The molecule has 0 amide bonds. The molecule has 4 aromatic rings. The summed E-state index contributed by atoms with van der Waals surface area (Å²) in [5.74, 6) is 0.233. The highest BCUT2D eigenvalue weighted by molar-refractivity contribution is 5.88. The summed E-state index contributed by atoms with van der Waals surface area (Å²) < 4.78 is 16.4. The molecule has 0 aliphatic carbocycles. The van der Waals surface area contributed by atoms with Crippen LogP contribution in [-0.4, -0.2) is 36.3 Å². The molecule has 0 aliphatic rings. The first-order valence-electron chi connectivity index (χ1n) is 7.61. The minimum absolute atomic E-state index is 0.233. The highest BCUT2D eigenvalue weighted by Crippen LogP contribution is 2.30. The van der Waals surface area contributed by atoms with Gasteiger partial charge in [0, 0.05) is 11.8 Å². The number of fused-ring (bicyclic) bond motifs is 2. The van der Waals surface area contributed by atoms with Crippen molar-refractivity contribution in [2.75, 3.05) is 12.4 Å². The third kappa shape index (κ3) is 2.10. The predicted octanol–water partition coefficient (Wildman–Crippen LogP) is 2.56. The zero-order valence-electron chi connectivity index (χ0n) is 13.3. The van der Waals surface area contributed by atoms with Crippen LogP contribution >= 0.6 is 0 Å². The normalized spacial score (nSPS) is 13.0. The Labute approximate surface area is 136 Å². The van der Waals surface area contributed by atoms with Crippen LogP contribution < -0.4 is 5.73 Å². The zero-order chi connectivity index (χ0) is 16.8. The maximum atomic E-state index is 13.0. The van der Waals surface area contributed by atoms with Crippen molar-refractivity contribution >= 4 is 22.5 Å². The number of anilines is 1. The van der Waals surface area contributed by atoms with E-state index in [0.717, 1.165) is 33.4 Å². The maximum absolute atomic E-state index is 13.0. The van der Waals surface area contributed by atoms with Crippen LogP contribution in [0.1, 0.15) is 18.7 Å². The van der Waals surface area contributed by atoms with Gasteiger partial charge in [-0.1, -0.05) is 11.3 Å². The molecule has 0 unspecified atom stereocenters. The van der Waals surface area contributed by atoms with Gasteiger partial charge in [-0.2, -0.15) is 0 Å². The maximum Gasteiger partial charge on any atom is 0.238 e. The van der Waals surface area contributed by atoms with E-state index in [1.165, 1.54) is 0 Å². The molecular formula is C16H16FN7. The molecular weight excluding hydrogens is 309 g/mol. The summed E-state index contributed by atoms with van der Waals surface area (Å²) in [7, 11) is 0. The van der Waals surface area contributed by atoms with Gasteiger partial charge in [-0.05, 0) is 37.6 Å². The molecule has 4 rings (SSSR count). The number of rotatable bonds is 3. The summed E-state index contributed by atoms with van der Waals surface area (Å²) in [6, 6.07) is 7.42. The van der Waals surface area contributed by atoms with Crippen LogP contribution in [0.15, 0.2) is 30.5 Å². The Bertz CT molecular complexity index is 1050. The number of nitrogens with zero attached hydrogens (tertiary/aromatic N) is 6. The van der Waals surface area contributed by atoms with E-state index < -0.39 is 6.67 Å². The number of alkyl halides is 1. The molecule has 0 saturated heterocycles.